The van der Waals surface area contributed by atoms with E-state index in [0.29, 0.717) is 11.1 Å². The van der Waals surface area contributed by atoms with Crippen molar-refractivity contribution in [3.05, 3.63) is 58.7 Å². The van der Waals surface area contributed by atoms with E-state index in [0.717, 1.165) is 11.1 Å². The van der Waals surface area contributed by atoms with Crippen molar-refractivity contribution < 1.29 is 77.6 Å². The van der Waals surface area contributed by atoms with Gasteiger partial charge >= 0.3 is 0 Å². The number of phenolic OH excluding ortho intramolecular Hbond substituents is 2. The topological polar surface area (TPSA) is 245 Å². The van der Waals surface area contributed by atoms with Crippen LogP contribution in [0.15, 0.2) is 46.4 Å². The molecule has 43 heavy (non-hydrogen) atoms. The number of aliphatic imine (C=N–C) groups is 2. The number of aliphatic hydroxyl groups is 8. The van der Waals surface area contributed by atoms with Crippen molar-refractivity contribution in [1.29, 1.82) is 0 Å². The van der Waals surface area contributed by atoms with Gasteiger partial charge in [0.2, 0.25) is 0 Å². The van der Waals surface area contributed by atoms with Crippen molar-refractivity contribution in [2.75, 3.05) is 13.2 Å². The summed E-state index contributed by atoms with van der Waals surface area (Å²) >= 11 is 0. The summed E-state index contributed by atoms with van der Waals surface area (Å²) in [6.45, 7) is 2.61. The predicted octanol–water partition coefficient (Wildman–Crippen LogP) is -2.16. The summed E-state index contributed by atoms with van der Waals surface area (Å²) in [5.74, 6) is 0.0430. The van der Waals surface area contributed by atoms with Gasteiger partial charge in [0, 0.05) is 40.6 Å². The quantitative estimate of drug-likeness (QED) is 0.118. The molecule has 4 rings (SSSR count). The number of hydrogen-bond donors (Lipinski definition) is 10. The van der Waals surface area contributed by atoms with Crippen LogP contribution in [0.5, 0.6) is 11.5 Å². The Morgan fingerprint density at radius 2 is 0.977 bits per heavy atom. The molecule has 10 N–H and O–H groups in total. The smallest absolute Gasteiger partial charge is 0.180 e. The first-order valence-corrected chi connectivity index (χ1v) is 13.1. The molecule has 243 valence electrons. The van der Waals surface area contributed by atoms with Gasteiger partial charge in [-0.3, -0.25) is 9.98 Å². The van der Waals surface area contributed by atoms with E-state index in [1.54, 1.807) is 36.4 Å². The Kier molecular flexibility index (Phi) is 14.1. The molecule has 1 radical (unpaired) electrons. The van der Waals surface area contributed by atoms with E-state index in [4.69, 9.17) is 19.7 Å². The van der Waals surface area contributed by atoms with Crippen molar-refractivity contribution >= 4 is 12.4 Å². The molecule has 0 bridgehead atoms. The van der Waals surface area contributed by atoms with Crippen LogP contribution in [0.4, 0.5) is 0 Å². The van der Waals surface area contributed by atoms with Gasteiger partial charge in [0.15, 0.2) is 12.6 Å². The number of aryl methyl sites for hydroxylation is 2. The van der Waals surface area contributed by atoms with Gasteiger partial charge in [-0.15, -0.1) is 0 Å². The molecule has 2 aliphatic heterocycles. The van der Waals surface area contributed by atoms with Gasteiger partial charge in [-0.25, -0.2) is 0 Å². The van der Waals surface area contributed by atoms with Gasteiger partial charge in [0.1, 0.15) is 60.2 Å². The normalized spacial score (nSPS) is 32.7. The van der Waals surface area contributed by atoms with Crippen molar-refractivity contribution in [3.8, 4) is 11.5 Å². The zero-order valence-corrected chi connectivity index (χ0v) is 24.2. The fourth-order valence-electron chi connectivity index (χ4n) is 4.35. The van der Waals surface area contributed by atoms with E-state index in [2.05, 4.69) is 9.98 Å². The number of hydrogen-bond acceptors (Lipinski definition) is 14. The molecule has 0 saturated carbocycles. The Morgan fingerprint density at radius 1 is 0.628 bits per heavy atom. The minimum absolute atomic E-state index is 0. The molecular formula is C28H38CuN2O12. The molecule has 2 fully saturated rings. The second-order valence-corrected chi connectivity index (χ2v) is 10.1. The van der Waals surface area contributed by atoms with Crippen molar-refractivity contribution in [1.82, 2.24) is 0 Å². The molecule has 0 aromatic heterocycles. The van der Waals surface area contributed by atoms with Crippen LogP contribution in [0.2, 0.25) is 0 Å². The van der Waals surface area contributed by atoms with Gasteiger partial charge in [-0.05, 0) is 49.2 Å². The fraction of sp³-hybridized carbons (Fsp3) is 0.500. The van der Waals surface area contributed by atoms with Gasteiger partial charge in [-0.1, -0.05) is 12.1 Å². The monoisotopic (exact) mass is 657 g/mol. The van der Waals surface area contributed by atoms with Crippen LogP contribution in [0.1, 0.15) is 22.3 Å². The Labute approximate surface area is 258 Å². The van der Waals surface area contributed by atoms with E-state index in [1.807, 2.05) is 13.8 Å². The third-order valence-corrected chi connectivity index (χ3v) is 6.88. The molecule has 2 heterocycles. The number of aliphatic hydroxyl groups excluding tert-OH is 8. The molecule has 10 atom stereocenters. The molecule has 0 aliphatic carbocycles. The van der Waals surface area contributed by atoms with E-state index in [9.17, 15) is 40.9 Å². The third kappa shape index (κ3) is 9.25. The number of ether oxygens (including phenoxy) is 2. The number of rotatable bonds is 6. The van der Waals surface area contributed by atoms with E-state index < -0.39 is 74.5 Å². The van der Waals surface area contributed by atoms with Crippen molar-refractivity contribution in [2.45, 2.75) is 75.1 Å². The summed E-state index contributed by atoms with van der Waals surface area (Å²) < 4.78 is 9.98. The summed E-state index contributed by atoms with van der Waals surface area (Å²) in [6.07, 6.45) is -7.91. The predicted molar refractivity (Wildman–Crippen MR) is 148 cm³/mol. The minimum atomic E-state index is -1.45. The van der Waals surface area contributed by atoms with Crippen LogP contribution in [-0.2, 0) is 26.5 Å². The summed E-state index contributed by atoms with van der Waals surface area (Å²) in [6, 6.07) is 7.74. The van der Waals surface area contributed by atoms with Crippen LogP contribution in [-0.4, -0.2) is 138 Å². The Bertz CT molecular complexity index is 1140. The molecule has 0 spiro atoms. The molecule has 2 unspecified atom stereocenters. The van der Waals surface area contributed by atoms with Gasteiger partial charge < -0.3 is 60.5 Å². The zero-order chi connectivity index (χ0) is 31.1. The number of phenols is 2. The maximum Gasteiger partial charge on any atom is 0.180 e. The second kappa shape index (κ2) is 16.5. The van der Waals surface area contributed by atoms with E-state index in [-0.39, 0.29) is 28.6 Å². The molecule has 15 heteroatoms. The maximum atomic E-state index is 9.92. The minimum Gasteiger partial charge on any atom is -0.507 e. The Balaban J connectivity index is 0.000000293. The van der Waals surface area contributed by atoms with Gasteiger partial charge in [-0.2, -0.15) is 0 Å². The van der Waals surface area contributed by atoms with Crippen molar-refractivity contribution in [3.63, 3.8) is 0 Å². The largest absolute Gasteiger partial charge is 0.507 e. The molecule has 2 aliphatic rings. The molecule has 2 aromatic rings. The first-order chi connectivity index (χ1) is 19.9. The third-order valence-electron chi connectivity index (χ3n) is 6.88. The molecule has 2 saturated heterocycles. The van der Waals surface area contributed by atoms with E-state index >= 15 is 0 Å². The summed E-state index contributed by atoms with van der Waals surface area (Å²) in [7, 11) is 0. The molecule has 2 aromatic carbocycles. The number of nitrogens with zero attached hydrogens (tertiary/aromatic N) is 2. The fourth-order valence-corrected chi connectivity index (χ4v) is 4.35. The Hall–Kier alpha value is -2.50. The first-order valence-electron chi connectivity index (χ1n) is 13.1. The van der Waals surface area contributed by atoms with Crippen LogP contribution >= 0.6 is 0 Å². The van der Waals surface area contributed by atoms with Crippen LogP contribution in [0, 0.1) is 13.8 Å². The second-order valence-electron chi connectivity index (χ2n) is 10.1. The molecule has 14 nitrogen and oxygen atoms in total. The van der Waals surface area contributed by atoms with Crippen LogP contribution in [0.25, 0.3) is 0 Å². The SMILES string of the molecule is Cc1ccc(C=N[C@H]2C(O)O[C@H](CO)[C@@H](O)[C@@H]2O)c(O)c1.Cc1ccc(C=N[C@H]2C(O)O[C@H](CO)[C@@H](O)[C@@H]2O)c(O)c1.[Cu]. The summed E-state index contributed by atoms with van der Waals surface area (Å²) in [5.41, 5.74) is 2.59. The average Bonchev–Trinajstić information content (AvgIpc) is 2.94. The summed E-state index contributed by atoms with van der Waals surface area (Å²) in [5, 5.41) is 96.3. The Morgan fingerprint density at radius 3 is 1.28 bits per heavy atom. The molecule has 0 amide bonds. The first kappa shape index (κ1) is 36.7. The van der Waals surface area contributed by atoms with Crippen molar-refractivity contribution in [2.24, 2.45) is 9.98 Å². The van der Waals surface area contributed by atoms with Gasteiger partial charge in [0.05, 0.1) is 13.2 Å². The average molecular weight is 658 g/mol. The van der Waals surface area contributed by atoms with E-state index in [1.165, 1.54) is 12.4 Å². The number of benzene rings is 2. The van der Waals surface area contributed by atoms with Crippen LogP contribution in [0.3, 0.4) is 0 Å². The van der Waals surface area contributed by atoms with Crippen LogP contribution < -0.4 is 0 Å². The zero-order valence-electron chi connectivity index (χ0n) is 23.3. The standard InChI is InChI=1S/2C14H19NO6.Cu/c2*1-7-2-3-8(9(17)4-7)5-15-11-13(19)12(18)10(6-16)21-14(11)20;/h2*2-5,10-14,16-20H,6H2,1H3;/t2*10-,11-,12-,13-,14?;/m11./s1. The number of aromatic hydroxyl groups is 2. The maximum absolute atomic E-state index is 9.92. The molecular weight excluding hydrogens is 620 g/mol. The van der Waals surface area contributed by atoms with Gasteiger partial charge in [0.25, 0.3) is 0 Å². The summed E-state index contributed by atoms with van der Waals surface area (Å²) in [4.78, 5) is 7.95.